The van der Waals surface area contributed by atoms with Gasteiger partial charge in [0, 0.05) is 0 Å². The second-order valence-corrected chi connectivity index (χ2v) is 10.5. The monoisotopic (exact) mass is 371 g/mol. The normalized spacial score (nSPS) is 14.9. The molecule has 10 heteroatoms. The molecule has 0 spiro atoms. The maximum atomic E-state index is 10.4. The molecule has 0 aromatic heterocycles. The molecule has 128 valence electrons. The molecule has 0 aromatic carbocycles. The lowest BCUT2D eigenvalue weighted by Crippen LogP contribution is -2.20. The van der Waals surface area contributed by atoms with Gasteiger partial charge in [0.2, 0.25) is 0 Å². The Morgan fingerprint density at radius 3 is 1.05 bits per heavy atom. The van der Waals surface area contributed by atoms with Crippen LogP contribution in [0, 0.1) is 0 Å². The molecule has 0 aliphatic rings. The van der Waals surface area contributed by atoms with Crippen LogP contribution in [0.15, 0.2) is 0 Å². The highest BCUT2D eigenvalue weighted by Crippen LogP contribution is 2.41. The van der Waals surface area contributed by atoms with Gasteiger partial charge in [-0.05, 0) is 53.3 Å². The molecule has 20 heavy (non-hydrogen) atoms. The minimum absolute atomic E-state index is 0. The van der Waals surface area contributed by atoms with Crippen LogP contribution in [0.2, 0.25) is 0 Å². The van der Waals surface area contributed by atoms with Crippen molar-refractivity contribution in [2.24, 2.45) is 0 Å². The van der Waals surface area contributed by atoms with E-state index in [1.807, 2.05) is 0 Å². The summed E-state index contributed by atoms with van der Waals surface area (Å²) in [6, 6.07) is 0. The van der Waals surface area contributed by atoms with Crippen LogP contribution in [0.25, 0.3) is 0 Å². The Morgan fingerprint density at radius 1 is 0.800 bits per heavy atom. The van der Waals surface area contributed by atoms with Crippen molar-refractivity contribution in [1.82, 2.24) is 0 Å². The van der Waals surface area contributed by atoms with Crippen LogP contribution in [0.1, 0.15) is 56.4 Å². The smallest absolute Gasteiger partial charge is 0.322 e. The lowest BCUT2D eigenvalue weighted by molar-refractivity contribution is -0.209. The van der Waals surface area contributed by atoms with Gasteiger partial charge < -0.3 is 28.6 Å². The average Bonchev–Trinajstić information content (AvgIpc) is 1.64. The van der Waals surface area contributed by atoms with Gasteiger partial charge in [-0.25, -0.2) is 0 Å². The Labute approximate surface area is 133 Å². The second-order valence-electron chi connectivity index (χ2n) is 5.37. The largest absolute Gasteiger partial charge is 0.780 e. The van der Waals surface area contributed by atoms with Gasteiger partial charge in [0.25, 0.3) is 0 Å². The van der Waals surface area contributed by atoms with Crippen molar-refractivity contribution in [3.05, 3.63) is 0 Å². The van der Waals surface area contributed by atoms with E-state index >= 15 is 0 Å². The Morgan fingerprint density at radius 2 is 1.05 bits per heavy atom. The third-order valence-electron chi connectivity index (χ3n) is 0.782. The Bertz CT molecular complexity index is 303. The van der Waals surface area contributed by atoms with Gasteiger partial charge in [0.05, 0.1) is 11.2 Å². The summed E-state index contributed by atoms with van der Waals surface area (Å²) in [5.41, 5.74) is -1.20. The van der Waals surface area contributed by atoms with E-state index in [1.54, 1.807) is 41.5 Å². The van der Waals surface area contributed by atoms with Crippen molar-refractivity contribution >= 4 is 37.1 Å². The predicted molar refractivity (Wildman–Crippen MR) is 90.4 cm³/mol. The van der Waals surface area contributed by atoms with Crippen LogP contribution in [0.5, 0.6) is 0 Å². The van der Waals surface area contributed by atoms with E-state index in [4.69, 9.17) is 14.7 Å². The summed E-state index contributed by atoms with van der Waals surface area (Å²) in [4.78, 5) is 36.1. The molecule has 3 N–H and O–H groups in total. The lowest BCUT2D eigenvalue weighted by Gasteiger charge is -2.29. The number of hydrogen-bond donors (Lipinski definition) is 3. The molecule has 1 unspecified atom stereocenters. The standard InChI is InChI=1S/2C4H11O3PS.2CH4/c2*1-4(2,3)7-8(5,6)9;;/h2*1-3H3,(H2,5,6,9);2*1H4/p-1. The molecule has 1 atom stereocenters. The van der Waals surface area contributed by atoms with Gasteiger partial charge in [-0.2, -0.15) is 0 Å². The van der Waals surface area contributed by atoms with Crippen molar-refractivity contribution in [2.45, 2.75) is 67.6 Å². The maximum absolute atomic E-state index is 10.4. The van der Waals surface area contributed by atoms with Crippen LogP contribution in [-0.4, -0.2) is 25.9 Å². The summed E-state index contributed by atoms with van der Waals surface area (Å²) < 4.78 is 9.21. The van der Waals surface area contributed by atoms with E-state index in [1.165, 1.54) is 0 Å². The van der Waals surface area contributed by atoms with E-state index in [2.05, 4.69) is 32.7 Å². The summed E-state index contributed by atoms with van der Waals surface area (Å²) in [6.45, 7) is 2.98. The van der Waals surface area contributed by atoms with Crippen LogP contribution < -0.4 is 4.89 Å². The molecule has 0 fully saturated rings. The van der Waals surface area contributed by atoms with E-state index in [0.717, 1.165) is 0 Å². The SMILES string of the molecule is C.C.CC(C)(C)OP(O)(O)=S.CC(C)(C)OP([O-])(O)=S. The molecule has 6 nitrogen and oxygen atoms in total. The van der Waals surface area contributed by atoms with Crippen molar-refractivity contribution in [2.75, 3.05) is 0 Å². The molecule has 0 radical (unpaired) electrons. The Kier molecular flexibility index (Phi) is 14.5. The summed E-state index contributed by atoms with van der Waals surface area (Å²) >= 11 is 8.35. The van der Waals surface area contributed by atoms with Gasteiger partial charge >= 0.3 is 6.72 Å². The molecule has 0 aliphatic heterocycles. The van der Waals surface area contributed by atoms with Crippen LogP contribution in [-0.2, 0) is 32.7 Å². The molecule has 0 saturated heterocycles. The van der Waals surface area contributed by atoms with Crippen LogP contribution >= 0.6 is 13.4 Å². The molecule has 0 aliphatic carbocycles. The minimum Gasteiger partial charge on any atom is -0.780 e. The molecule has 0 bridgehead atoms. The summed E-state index contributed by atoms with van der Waals surface area (Å²) in [7, 11) is 0. The predicted octanol–water partition coefficient (Wildman–Crippen LogP) is 2.66. The van der Waals surface area contributed by atoms with Crippen molar-refractivity contribution < 1.29 is 28.6 Å². The first-order chi connectivity index (χ1) is 7.41. The minimum atomic E-state index is -3.70. The molecule has 0 saturated carbocycles. The first-order valence-corrected chi connectivity index (χ1v) is 10.1. The van der Waals surface area contributed by atoms with E-state index in [-0.39, 0.29) is 14.9 Å². The molecular formula is C10H29O6P2S2-. The third kappa shape index (κ3) is 36.4. The molecule has 0 heterocycles. The van der Waals surface area contributed by atoms with Crippen molar-refractivity contribution in [1.29, 1.82) is 0 Å². The van der Waals surface area contributed by atoms with Crippen LogP contribution in [0.4, 0.5) is 0 Å². The van der Waals surface area contributed by atoms with Crippen LogP contribution in [0.3, 0.4) is 0 Å². The topological polar surface area (TPSA) is 102 Å². The molecular weight excluding hydrogens is 342 g/mol. The second kappa shape index (κ2) is 9.95. The quantitative estimate of drug-likeness (QED) is 0.637. The average molecular weight is 371 g/mol. The van der Waals surface area contributed by atoms with Gasteiger partial charge in [0.1, 0.15) is 6.72 Å². The first-order valence-electron chi connectivity index (χ1n) is 4.92. The lowest BCUT2D eigenvalue weighted by atomic mass is 10.2. The summed E-state index contributed by atoms with van der Waals surface area (Å²) in [6.07, 6.45) is 0. The molecule has 0 aromatic rings. The Hall–Kier alpha value is 1.06. The number of hydrogen-bond acceptors (Lipinski definition) is 5. The zero-order valence-electron chi connectivity index (χ0n) is 11.3. The fourth-order valence-corrected chi connectivity index (χ4v) is 3.45. The Balaban J connectivity index is -0.000000116. The fraction of sp³-hybridized carbons (Fsp3) is 1.00. The fourth-order valence-electron chi connectivity index (χ4n) is 0.703. The van der Waals surface area contributed by atoms with Crippen molar-refractivity contribution in [3.63, 3.8) is 0 Å². The summed E-state index contributed by atoms with van der Waals surface area (Å²) in [5.74, 6) is 0. The molecule has 0 amide bonds. The van der Waals surface area contributed by atoms with Gasteiger partial charge in [0.15, 0.2) is 0 Å². The summed E-state index contributed by atoms with van der Waals surface area (Å²) in [5, 5.41) is 0. The van der Waals surface area contributed by atoms with E-state index in [0.29, 0.717) is 0 Å². The first kappa shape index (κ1) is 29.1. The van der Waals surface area contributed by atoms with Gasteiger partial charge in [-0.1, -0.05) is 26.7 Å². The van der Waals surface area contributed by atoms with Crippen molar-refractivity contribution in [3.8, 4) is 0 Å². The van der Waals surface area contributed by atoms with Gasteiger partial charge in [-0.3, -0.25) is 0 Å². The van der Waals surface area contributed by atoms with E-state index in [9.17, 15) is 4.89 Å². The maximum Gasteiger partial charge on any atom is 0.322 e. The highest BCUT2D eigenvalue weighted by Gasteiger charge is 2.19. The highest BCUT2D eigenvalue weighted by molar-refractivity contribution is 8.06. The highest BCUT2D eigenvalue weighted by atomic mass is 32.5. The third-order valence-corrected chi connectivity index (χ3v) is 2.79. The van der Waals surface area contributed by atoms with Gasteiger partial charge in [-0.15, -0.1) is 0 Å². The molecule has 0 rings (SSSR count). The van der Waals surface area contributed by atoms with E-state index < -0.39 is 24.6 Å². The zero-order chi connectivity index (χ0) is 15.4. The zero-order valence-corrected chi connectivity index (χ0v) is 14.7. The number of rotatable bonds is 2.